The second kappa shape index (κ2) is 9.00. The lowest BCUT2D eigenvalue weighted by molar-refractivity contribution is 0.345. The Morgan fingerprint density at radius 2 is 1.79 bits per heavy atom. The zero-order valence-electron chi connectivity index (χ0n) is 16.6. The summed E-state index contributed by atoms with van der Waals surface area (Å²) in [7, 11) is 0. The largest absolute Gasteiger partial charge is 0.493 e. The lowest BCUT2D eigenvalue weighted by atomic mass is 9.87. The van der Waals surface area contributed by atoms with Crippen molar-refractivity contribution in [3.8, 4) is 5.75 Å². The van der Waals surface area contributed by atoms with E-state index in [0.29, 0.717) is 6.61 Å². The molecular formula is C25H25BrFNO. The molecule has 0 N–H and O–H groups in total. The van der Waals surface area contributed by atoms with Gasteiger partial charge in [0.2, 0.25) is 0 Å². The third kappa shape index (κ3) is 4.64. The fourth-order valence-corrected chi connectivity index (χ4v) is 4.27. The Labute approximate surface area is 180 Å². The summed E-state index contributed by atoms with van der Waals surface area (Å²) in [5.74, 6) is 0.695. The van der Waals surface area contributed by atoms with Gasteiger partial charge in [-0.05, 0) is 72.9 Å². The van der Waals surface area contributed by atoms with Gasteiger partial charge >= 0.3 is 0 Å². The van der Waals surface area contributed by atoms with Gasteiger partial charge in [-0.3, -0.25) is 0 Å². The number of alkyl halides is 1. The number of benzene rings is 3. The minimum Gasteiger partial charge on any atom is -0.493 e. The van der Waals surface area contributed by atoms with Crippen molar-refractivity contribution in [1.82, 2.24) is 0 Å². The highest BCUT2D eigenvalue weighted by molar-refractivity contribution is 9.09. The average molecular weight is 454 g/mol. The van der Waals surface area contributed by atoms with E-state index >= 15 is 0 Å². The molecule has 0 amide bonds. The first kappa shape index (κ1) is 20.0. The fraction of sp³-hybridized carbons (Fsp3) is 0.280. The van der Waals surface area contributed by atoms with Gasteiger partial charge in [0.05, 0.1) is 12.6 Å². The van der Waals surface area contributed by atoms with Crippen molar-refractivity contribution < 1.29 is 9.13 Å². The molecule has 1 aliphatic heterocycles. The summed E-state index contributed by atoms with van der Waals surface area (Å²) < 4.78 is 19.2. The first-order valence-electron chi connectivity index (χ1n) is 10.0. The predicted octanol–water partition coefficient (Wildman–Crippen LogP) is 6.25. The molecule has 0 radical (unpaired) electrons. The first-order valence-corrected chi connectivity index (χ1v) is 11.2. The van der Waals surface area contributed by atoms with Crippen molar-refractivity contribution in [2.45, 2.75) is 25.8 Å². The van der Waals surface area contributed by atoms with E-state index in [9.17, 15) is 4.39 Å². The monoisotopic (exact) mass is 453 g/mol. The minimum atomic E-state index is -0.197. The Hall–Kier alpha value is -2.33. The Balaban J connectivity index is 1.64. The minimum absolute atomic E-state index is 0.197. The van der Waals surface area contributed by atoms with Crippen molar-refractivity contribution in [1.29, 1.82) is 0 Å². The number of nitrogens with zero attached hydrogens (tertiary/aromatic N) is 1. The zero-order chi connectivity index (χ0) is 20.2. The molecule has 150 valence electrons. The second-order valence-corrected chi connectivity index (χ2v) is 8.32. The molecule has 1 atom stereocenters. The van der Waals surface area contributed by atoms with Crippen LogP contribution in [0.4, 0.5) is 10.1 Å². The van der Waals surface area contributed by atoms with E-state index in [1.807, 2.05) is 24.3 Å². The van der Waals surface area contributed by atoms with Crippen LogP contribution in [-0.2, 0) is 12.8 Å². The summed E-state index contributed by atoms with van der Waals surface area (Å²) in [6.07, 6.45) is 1.90. The second-order valence-electron chi connectivity index (χ2n) is 7.52. The number of halogens is 2. The molecule has 0 spiro atoms. The Kier molecular flexibility index (Phi) is 6.19. The molecule has 0 aromatic heterocycles. The Morgan fingerprint density at radius 3 is 2.52 bits per heavy atom. The molecule has 0 bridgehead atoms. The molecular weight excluding hydrogens is 429 g/mol. The van der Waals surface area contributed by atoms with Crippen LogP contribution < -0.4 is 9.64 Å². The van der Waals surface area contributed by atoms with Gasteiger partial charge in [0.1, 0.15) is 11.6 Å². The topological polar surface area (TPSA) is 12.5 Å². The van der Waals surface area contributed by atoms with Crippen molar-refractivity contribution in [3.63, 3.8) is 0 Å². The highest BCUT2D eigenvalue weighted by atomic mass is 79.9. The van der Waals surface area contributed by atoms with Gasteiger partial charge in [-0.25, -0.2) is 4.39 Å². The molecule has 29 heavy (non-hydrogen) atoms. The quantitative estimate of drug-likeness (QED) is 0.408. The summed E-state index contributed by atoms with van der Waals surface area (Å²) >= 11 is 3.39. The number of ether oxygens (including phenoxy) is 1. The molecule has 1 unspecified atom stereocenters. The first-order chi connectivity index (χ1) is 14.1. The molecule has 1 heterocycles. The smallest absolute Gasteiger partial charge is 0.123 e. The maximum atomic E-state index is 13.5. The SMILES string of the molecule is Cc1ccc2c(c1)CCN(c1ccc(F)cc1)C2Cc1ccc(OCCBr)cc1. The molecule has 4 heteroatoms. The molecule has 4 rings (SSSR count). The van der Waals surface area contributed by atoms with Crippen LogP contribution in [0.5, 0.6) is 5.75 Å². The molecule has 3 aromatic rings. The number of fused-ring (bicyclic) bond motifs is 1. The number of hydrogen-bond acceptors (Lipinski definition) is 2. The standard InChI is InChI=1S/C25H25BrFNO/c1-18-2-11-24-20(16-18)12-14-28(22-7-5-21(27)6-8-22)25(24)17-19-3-9-23(10-4-19)29-15-13-26/h2-11,16,25H,12-15,17H2,1H3. The summed E-state index contributed by atoms with van der Waals surface area (Å²) in [5.41, 5.74) is 6.42. The maximum absolute atomic E-state index is 13.5. The van der Waals surface area contributed by atoms with Crippen LogP contribution in [0.3, 0.4) is 0 Å². The van der Waals surface area contributed by atoms with Crippen LogP contribution in [-0.4, -0.2) is 18.5 Å². The van der Waals surface area contributed by atoms with Crippen molar-refractivity contribution in [2.24, 2.45) is 0 Å². The van der Waals surface area contributed by atoms with Gasteiger partial charge in [0, 0.05) is 17.6 Å². The van der Waals surface area contributed by atoms with Gasteiger partial charge in [0.15, 0.2) is 0 Å². The molecule has 1 aliphatic rings. The molecule has 0 aliphatic carbocycles. The summed E-state index contributed by atoms with van der Waals surface area (Å²) in [5, 5.41) is 0.819. The normalized spacial score (nSPS) is 15.8. The number of anilines is 1. The van der Waals surface area contributed by atoms with E-state index in [-0.39, 0.29) is 11.9 Å². The van der Waals surface area contributed by atoms with Crippen LogP contribution >= 0.6 is 15.9 Å². The molecule has 3 aromatic carbocycles. The van der Waals surface area contributed by atoms with Crippen molar-refractivity contribution in [2.75, 3.05) is 23.4 Å². The Morgan fingerprint density at radius 1 is 1.03 bits per heavy atom. The third-order valence-corrected chi connectivity index (χ3v) is 5.84. The van der Waals surface area contributed by atoms with E-state index in [2.05, 4.69) is 58.1 Å². The Bertz CT molecular complexity index is 956. The lowest BCUT2D eigenvalue weighted by Crippen LogP contribution is -2.36. The van der Waals surface area contributed by atoms with Gasteiger partial charge < -0.3 is 9.64 Å². The number of rotatable bonds is 6. The number of hydrogen-bond donors (Lipinski definition) is 0. The number of aryl methyl sites for hydroxylation is 1. The van der Waals surface area contributed by atoms with E-state index in [1.54, 1.807) is 12.1 Å². The van der Waals surface area contributed by atoms with Crippen LogP contribution in [0.2, 0.25) is 0 Å². The average Bonchev–Trinajstić information content (AvgIpc) is 2.74. The zero-order valence-corrected chi connectivity index (χ0v) is 18.2. The molecule has 0 fully saturated rings. The van der Waals surface area contributed by atoms with Crippen LogP contribution in [0.1, 0.15) is 28.3 Å². The van der Waals surface area contributed by atoms with Crippen LogP contribution in [0.15, 0.2) is 66.7 Å². The predicted molar refractivity (Wildman–Crippen MR) is 121 cm³/mol. The van der Waals surface area contributed by atoms with E-state index in [4.69, 9.17) is 4.74 Å². The third-order valence-electron chi connectivity index (χ3n) is 5.51. The van der Waals surface area contributed by atoms with Gasteiger partial charge in [-0.1, -0.05) is 51.8 Å². The highest BCUT2D eigenvalue weighted by Gasteiger charge is 2.28. The fourth-order valence-electron chi connectivity index (χ4n) is 4.10. The summed E-state index contributed by atoms with van der Waals surface area (Å²) in [6, 6.07) is 22.2. The maximum Gasteiger partial charge on any atom is 0.123 e. The van der Waals surface area contributed by atoms with E-state index < -0.39 is 0 Å². The highest BCUT2D eigenvalue weighted by Crippen LogP contribution is 2.36. The summed E-state index contributed by atoms with van der Waals surface area (Å²) in [4.78, 5) is 2.41. The van der Waals surface area contributed by atoms with Gasteiger partial charge in [0.25, 0.3) is 0 Å². The van der Waals surface area contributed by atoms with Crippen LogP contribution in [0, 0.1) is 12.7 Å². The van der Waals surface area contributed by atoms with Gasteiger partial charge in [-0.15, -0.1) is 0 Å². The van der Waals surface area contributed by atoms with E-state index in [1.165, 1.54) is 22.3 Å². The molecule has 0 saturated heterocycles. The van der Waals surface area contributed by atoms with Crippen molar-refractivity contribution in [3.05, 3.63) is 94.8 Å². The van der Waals surface area contributed by atoms with Gasteiger partial charge in [-0.2, -0.15) is 0 Å². The van der Waals surface area contributed by atoms with E-state index in [0.717, 1.165) is 36.2 Å². The summed E-state index contributed by atoms with van der Waals surface area (Å²) in [6.45, 7) is 3.74. The van der Waals surface area contributed by atoms with Crippen molar-refractivity contribution >= 4 is 21.6 Å². The molecule has 0 saturated carbocycles. The van der Waals surface area contributed by atoms with Crippen LogP contribution in [0.25, 0.3) is 0 Å². The molecule has 2 nitrogen and oxygen atoms in total. The lowest BCUT2D eigenvalue weighted by Gasteiger charge is -2.39.